The fraction of sp³-hybridized carbons (Fsp3) is 0.417. The topological polar surface area (TPSA) is 34.1 Å². The summed E-state index contributed by atoms with van der Waals surface area (Å²) in [5.41, 5.74) is 0.771. The van der Waals surface area contributed by atoms with Crippen LogP contribution in [0.25, 0.3) is 0 Å². The predicted molar refractivity (Wildman–Crippen MR) is 64.0 cm³/mol. The van der Waals surface area contributed by atoms with Gasteiger partial charge in [0.25, 0.3) is 0 Å². The van der Waals surface area contributed by atoms with Crippen molar-refractivity contribution in [1.82, 2.24) is 0 Å². The van der Waals surface area contributed by atoms with E-state index in [0.29, 0.717) is 4.91 Å². The molecule has 0 aromatic rings. The summed E-state index contributed by atoms with van der Waals surface area (Å²) in [7, 11) is -3.21. The Kier molecular flexibility index (Phi) is 3.14. The molecule has 0 aliphatic heterocycles. The molecule has 0 saturated heterocycles. The summed E-state index contributed by atoms with van der Waals surface area (Å²) >= 11 is 0. The fourth-order valence-corrected chi connectivity index (χ4v) is 2.65. The van der Waals surface area contributed by atoms with Crippen LogP contribution in [-0.4, -0.2) is 13.2 Å². The zero-order valence-corrected chi connectivity index (χ0v) is 10.4. The third-order valence-corrected chi connectivity index (χ3v) is 5.04. The SMILES string of the molecule is C/C(=C1\C=CC=C[CH-]1)S(=O)(=O)C(C)(C)C. The maximum atomic E-state index is 12.1. The van der Waals surface area contributed by atoms with Gasteiger partial charge < -0.3 is 0 Å². The van der Waals surface area contributed by atoms with Crippen LogP contribution < -0.4 is 0 Å². The lowest BCUT2D eigenvalue weighted by molar-refractivity contribution is 0.566. The molecule has 1 rings (SSSR count). The molecule has 0 spiro atoms. The Bertz CT molecular complexity index is 429. The Balaban J connectivity index is 3.20. The highest BCUT2D eigenvalue weighted by Gasteiger charge is 2.28. The molecule has 3 heteroatoms. The third-order valence-electron chi connectivity index (χ3n) is 2.39. The molecule has 15 heavy (non-hydrogen) atoms. The van der Waals surface area contributed by atoms with Crippen molar-refractivity contribution in [3.05, 3.63) is 41.2 Å². The molecule has 0 aromatic carbocycles. The average Bonchev–Trinajstić information content (AvgIpc) is 2.16. The molecular weight excluding hydrogens is 208 g/mol. The van der Waals surface area contributed by atoms with E-state index in [1.165, 1.54) is 0 Å². The van der Waals surface area contributed by atoms with E-state index in [2.05, 4.69) is 0 Å². The minimum Gasteiger partial charge on any atom is -0.233 e. The van der Waals surface area contributed by atoms with Gasteiger partial charge in [-0.25, -0.2) is 8.42 Å². The van der Waals surface area contributed by atoms with Crippen LogP contribution in [0.5, 0.6) is 0 Å². The summed E-state index contributed by atoms with van der Waals surface area (Å²) in [6, 6.07) is 0. The normalized spacial score (nSPS) is 20.0. The van der Waals surface area contributed by atoms with Gasteiger partial charge in [-0.2, -0.15) is 0 Å². The minimum absolute atomic E-state index is 0.440. The van der Waals surface area contributed by atoms with Crippen molar-refractivity contribution >= 4 is 9.84 Å². The minimum atomic E-state index is -3.21. The molecule has 84 valence electrons. The highest BCUT2D eigenvalue weighted by atomic mass is 32.2. The monoisotopic (exact) mass is 225 g/mol. The van der Waals surface area contributed by atoms with Crippen LogP contribution in [0.1, 0.15) is 27.7 Å². The maximum absolute atomic E-state index is 12.1. The van der Waals surface area contributed by atoms with Crippen LogP contribution in [0.15, 0.2) is 34.8 Å². The van der Waals surface area contributed by atoms with Gasteiger partial charge in [0, 0.05) is 0 Å². The fourth-order valence-electron chi connectivity index (χ4n) is 1.29. The molecule has 1 aliphatic rings. The predicted octanol–water partition coefficient (Wildman–Crippen LogP) is 2.80. The van der Waals surface area contributed by atoms with Crippen molar-refractivity contribution in [3.63, 3.8) is 0 Å². The lowest BCUT2D eigenvalue weighted by Crippen LogP contribution is -2.29. The molecule has 0 heterocycles. The first-order chi connectivity index (χ1) is 6.77. The number of hydrogen-bond donors (Lipinski definition) is 0. The Morgan fingerprint density at radius 2 is 1.87 bits per heavy atom. The summed E-state index contributed by atoms with van der Waals surface area (Å²) < 4.78 is 23.5. The molecule has 0 unspecified atom stereocenters. The Morgan fingerprint density at radius 1 is 1.27 bits per heavy atom. The Morgan fingerprint density at radius 3 is 2.27 bits per heavy atom. The second kappa shape index (κ2) is 3.89. The summed E-state index contributed by atoms with van der Waals surface area (Å²) in [5.74, 6) is 0. The van der Waals surface area contributed by atoms with Crippen molar-refractivity contribution in [2.45, 2.75) is 32.4 Å². The molecule has 0 radical (unpaired) electrons. The van der Waals surface area contributed by atoms with E-state index in [1.54, 1.807) is 27.7 Å². The van der Waals surface area contributed by atoms with Gasteiger partial charge in [-0.05, 0) is 25.7 Å². The van der Waals surface area contributed by atoms with Crippen molar-refractivity contribution in [2.24, 2.45) is 0 Å². The molecule has 0 aromatic heterocycles. The number of allylic oxidation sites excluding steroid dienone is 6. The zero-order valence-electron chi connectivity index (χ0n) is 9.61. The summed E-state index contributed by atoms with van der Waals surface area (Å²) in [6.07, 6.45) is 9.20. The molecule has 0 N–H and O–H groups in total. The molecule has 0 fully saturated rings. The quantitative estimate of drug-likeness (QED) is 0.643. The Labute approximate surface area is 92.3 Å². The summed E-state index contributed by atoms with van der Waals surface area (Å²) in [4.78, 5) is 0.440. The van der Waals surface area contributed by atoms with Gasteiger partial charge in [0.2, 0.25) is 0 Å². The Hall–Kier alpha value is -0.960. The smallest absolute Gasteiger partial charge is 0.145 e. The van der Waals surface area contributed by atoms with E-state index in [-0.39, 0.29) is 0 Å². The summed E-state index contributed by atoms with van der Waals surface area (Å²) in [6.45, 7) is 6.81. The lowest BCUT2D eigenvalue weighted by atomic mass is 10.1. The van der Waals surface area contributed by atoms with Gasteiger partial charge in [-0.15, -0.1) is 36.3 Å². The first-order valence-corrected chi connectivity index (χ1v) is 6.39. The van der Waals surface area contributed by atoms with Gasteiger partial charge in [-0.3, -0.25) is 0 Å². The van der Waals surface area contributed by atoms with Crippen molar-refractivity contribution in [3.8, 4) is 0 Å². The average molecular weight is 225 g/mol. The van der Waals surface area contributed by atoms with E-state index < -0.39 is 14.6 Å². The highest BCUT2D eigenvalue weighted by Crippen LogP contribution is 2.27. The second-order valence-corrected chi connectivity index (χ2v) is 7.38. The van der Waals surface area contributed by atoms with Crippen LogP contribution >= 0.6 is 0 Å². The van der Waals surface area contributed by atoms with Gasteiger partial charge in [0.1, 0.15) is 9.84 Å². The van der Waals surface area contributed by atoms with E-state index in [4.69, 9.17) is 0 Å². The first-order valence-electron chi connectivity index (χ1n) is 4.90. The van der Waals surface area contributed by atoms with Crippen molar-refractivity contribution in [2.75, 3.05) is 0 Å². The largest absolute Gasteiger partial charge is 0.233 e. The van der Waals surface area contributed by atoms with E-state index in [1.807, 2.05) is 30.7 Å². The van der Waals surface area contributed by atoms with Crippen LogP contribution in [0.2, 0.25) is 0 Å². The van der Waals surface area contributed by atoms with Crippen LogP contribution in [0.3, 0.4) is 0 Å². The zero-order chi connectivity index (χ0) is 11.7. The van der Waals surface area contributed by atoms with Gasteiger partial charge >= 0.3 is 0 Å². The number of hydrogen-bond acceptors (Lipinski definition) is 2. The van der Waals surface area contributed by atoms with Crippen LogP contribution in [-0.2, 0) is 9.84 Å². The number of rotatable bonds is 1. The second-order valence-electron chi connectivity index (χ2n) is 4.54. The van der Waals surface area contributed by atoms with Gasteiger partial charge in [-0.1, -0.05) is 6.92 Å². The molecule has 0 bridgehead atoms. The maximum Gasteiger partial charge on any atom is 0.145 e. The standard InChI is InChI=1S/C12H17O2S/c1-10(11-8-6-5-7-9-11)15(13,14)12(2,3)4/h5-9H,1-4H3/q-1. The molecule has 0 saturated carbocycles. The molecule has 0 amide bonds. The van der Waals surface area contributed by atoms with E-state index in [9.17, 15) is 8.42 Å². The summed E-state index contributed by atoms with van der Waals surface area (Å²) in [5, 5.41) is 0. The van der Waals surface area contributed by atoms with E-state index in [0.717, 1.165) is 5.57 Å². The van der Waals surface area contributed by atoms with E-state index >= 15 is 0 Å². The molecule has 0 atom stereocenters. The third kappa shape index (κ3) is 2.34. The van der Waals surface area contributed by atoms with Crippen molar-refractivity contribution in [1.29, 1.82) is 0 Å². The molecule has 1 aliphatic carbocycles. The molecule has 2 nitrogen and oxygen atoms in total. The van der Waals surface area contributed by atoms with Crippen molar-refractivity contribution < 1.29 is 8.42 Å². The number of sulfone groups is 1. The lowest BCUT2D eigenvalue weighted by Gasteiger charge is -2.25. The molecular formula is C12H17O2S-. The van der Waals surface area contributed by atoms with Gasteiger partial charge in [0.15, 0.2) is 0 Å². The van der Waals surface area contributed by atoms with Crippen LogP contribution in [0, 0.1) is 6.42 Å². The first kappa shape index (κ1) is 12.1. The van der Waals surface area contributed by atoms with Gasteiger partial charge in [0.05, 0.1) is 4.75 Å². The van der Waals surface area contributed by atoms with Crippen LogP contribution in [0.4, 0.5) is 0 Å². The highest BCUT2D eigenvalue weighted by molar-refractivity contribution is 7.96.